The van der Waals surface area contributed by atoms with Gasteiger partial charge in [-0.2, -0.15) is 0 Å². The first-order chi connectivity index (χ1) is 9.72. The van der Waals surface area contributed by atoms with E-state index in [9.17, 15) is 4.79 Å². The number of nitrogens with zero attached hydrogens (tertiary/aromatic N) is 3. The van der Waals surface area contributed by atoms with Crippen LogP contribution in [0.2, 0.25) is 0 Å². The van der Waals surface area contributed by atoms with Crippen LogP contribution in [-0.2, 0) is 17.8 Å². The smallest absolute Gasteiger partial charge is 0.226 e. The molecule has 1 amide bonds. The highest BCUT2D eigenvalue weighted by Gasteiger charge is 2.09. The SMILES string of the molecule is Cc1cc(CC(=O)NCc2ncc3ccccn23)no1. The Kier molecular flexibility index (Phi) is 3.20. The monoisotopic (exact) mass is 270 g/mol. The number of carbonyl (C=O) groups excluding carboxylic acids is 1. The molecule has 3 aromatic rings. The molecule has 0 aliphatic rings. The molecule has 0 spiro atoms. The van der Waals surface area contributed by atoms with Gasteiger partial charge in [-0.15, -0.1) is 0 Å². The third kappa shape index (κ3) is 2.54. The summed E-state index contributed by atoms with van der Waals surface area (Å²) >= 11 is 0. The lowest BCUT2D eigenvalue weighted by molar-refractivity contribution is -0.120. The number of imidazole rings is 1. The Bertz CT molecular complexity index is 744. The van der Waals surface area contributed by atoms with E-state index in [2.05, 4.69) is 15.5 Å². The number of nitrogens with one attached hydrogen (secondary N) is 1. The van der Waals surface area contributed by atoms with Gasteiger partial charge in [0, 0.05) is 12.3 Å². The summed E-state index contributed by atoms with van der Waals surface area (Å²) in [7, 11) is 0. The van der Waals surface area contributed by atoms with Crippen molar-refractivity contribution in [3.63, 3.8) is 0 Å². The molecule has 0 unspecified atom stereocenters. The predicted octanol–water partition coefficient (Wildman–Crippen LogP) is 1.49. The van der Waals surface area contributed by atoms with Crippen LogP contribution < -0.4 is 5.32 Å². The van der Waals surface area contributed by atoms with E-state index in [0.717, 1.165) is 11.3 Å². The summed E-state index contributed by atoms with van der Waals surface area (Å²) in [6.45, 7) is 2.18. The van der Waals surface area contributed by atoms with Gasteiger partial charge in [0.05, 0.1) is 30.4 Å². The van der Waals surface area contributed by atoms with E-state index in [1.807, 2.05) is 28.8 Å². The molecule has 20 heavy (non-hydrogen) atoms. The van der Waals surface area contributed by atoms with Crippen LogP contribution in [0.25, 0.3) is 5.52 Å². The molecule has 6 nitrogen and oxygen atoms in total. The Labute approximate surface area is 115 Å². The van der Waals surface area contributed by atoms with Gasteiger partial charge in [0.15, 0.2) is 0 Å². The molecule has 0 saturated carbocycles. The summed E-state index contributed by atoms with van der Waals surface area (Å²) in [6, 6.07) is 7.60. The van der Waals surface area contributed by atoms with E-state index in [-0.39, 0.29) is 12.3 Å². The molecule has 3 aromatic heterocycles. The Morgan fingerprint density at radius 3 is 3.15 bits per heavy atom. The van der Waals surface area contributed by atoms with E-state index >= 15 is 0 Å². The molecule has 0 aliphatic carbocycles. The molecule has 0 bridgehead atoms. The molecule has 3 heterocycles. The third-order valence-corrected chi connectivity index (χ3v) is 2.98. The van der Waals surface area contributed by atoms with Gasteiger partial charge < -0.3 is 14.2 Å². The highest BCUT2D eigenvalue weighted by atomic mass is 16.5. The fraction of sp³-hybridized carbons (Fsp3) is 0.214. The Morgan fingerprint density at radius 2 is 2.35 bits per heavy atom. The Hall–Kier alpha value is -2.63. The van der Waals surface area contributed by atoms with Gasteiger partial charge >= 0.3 is 0 Å². The number of pyridine rings is 1. The van der Waals surface area contributed by atoms with Crippen LogP contribution in [0.15, 0.2) is 41.2 Å². The summed E-state index contributed by atoms with van der Waals surface area (Å²) in [5.74, 6) is 1.39. The van der Waals surface area contributed by atoms with E-state index in [1.54, 1.807) is 19.2 Å². The number of hydrogen-bond donors (Lipinski definition) is 1. The van der Waals surface area contributed by atoms with Crippen molar-refractivity contribution in [2.24, 2.45) is 0 Å². The van der Waals surface area contributed by atoms with Gasteiger partial charge in [-0.1, -0.05) is 11.2 Å². The quantitative estimate of drug-likeness (QED) is 0.779. The van der Waals surface area contributed by atoms with Gasteiger partial charge in [0.2, 0.25) is 5.91 Å². The first kappa shape index (κ1) is 12.4. The lowest BCUT2D eigenvalue weighted by atomic mass is 10.3. The fourth-order valence-corrected chi connectivity index (χ4v) is 2.04. The van der Waals surface area contributed by atoms with E-state index in [4.69, 9.17) is 4.52 Å². The summed E-state index contributed by atoms with van der Waals surface area (Å²) in [6.07, 6.45) is 3.91. The van der Waals surface area contributed by atoms with Crippen molar-refractivity contribution >= 4 is 11.4 Å². The van der Waals surface area contributed by atoms with E-state index < -0.39 is 0 Å². The number of amides is 1. The standard InChI is InChI=1S/C14H14N4O2/c1-10-6-11(17-20-10)7-14(19)16-9-13-15-8-12-4-2-3-5-18(12)13/h2-6,8H,7,9H2,1H3,(H,16,19). The van der Waals surface area contributed by atoms with Gasteiger partial charge in [0.25, 0.3) is 0 Å². The first-order valence-electron chi connectivity index (χ1n) is 6.32. The van der Waals surface area contributed by atoms with Crippen molar-refractivity contribution in [1.29, 1.82) is 0 Å². The summed E-state index contributed by atoms with van der Waals surface area (Å²) < 4.78 is 6.87. The largest absolute Gasteiger partial charge is 0.361 e. The topological polar surface area (TPSA) is 72.4 Å². The molecule has 0 aromatic carbocycles. The zero-order chi connectivity index (χ0) is 13.9. The first-order valence-corrected chi connectivity index (χ1v) is 6.32. The van der Waals surface area contributed by atoms with Crippen LogP contribution in [0.5, 0.6) is 0 Å². The number of carbonyl (C=O) groups is 1. The van der Waals surface area contributed by atoms with E-state index in [0.29, 0.717) is 18.0 Å². The molecule has 0 saturated heterocycles. The third-order valence-electron chi connectivity index (χ3n) is 2.98. The van der Waals surface area contributed by atoms with Crippen LogP contribution in [0.4, 0.5) is 0 Å². The zero-order valence-electron chi connectivity index (χ0n) is 11.0. The summed E-state index contributed by atoms with van der Waals surface area (Å²) in [4.78, 5) is 16.1. The van der Waals surface area contributed by atoms with Crippen LogP contribution in [0.3, 0.4) is 0 Å². The Morgan fingerprint density at radius 1 is 1.45 bits per heavy atom. The molecule has 0 aliphatic heterocycles. The number of rotatable bonds is 4. The molecular formula is C14H14N4O2. The van der Waals surface area contributed by atoms with Crippen LogP contribution in [-0.4, -0.2) is 20.4 Å². The van der Waals surface area contributed by atoms with Crippen molar-refractivity contribution < 1.29 is 9.32 Å². The molecule has 102 valence electrons. The second-order valence-electron chi connectivity index (χ2n) is 4.55. The second kappa shape index (κ2) is 5.16. The maximum atomic E-state index is 11.8. The van der Waals surface area contributed by atoms with E-state index in [1.165, 1.54) is 0 Å². The van der Waals surface area contributed by atoms with Crippen molar-refractivity contribution in [3.05, 3.63) is 53.9 Å². The number of aryl methyl sites for hydroxylation is 1. The summed E-state index contributed by atoms with van der Waals surface area (Å²) in [5.41, 5.74) is 1.64. The minimum Gasteiger partial charge on any atom is -0.361 e. The molecule has 1 N–H and O–H groups in total. The second-order valence-corrected chi connectivity index (χ2v) is 4.55. The number of fused-ring (bicyclic) bond motifs is 1. The average Bonchev–Trinajstić information content (AvgIpc) is 3.03. The lowest BCUT2D eigenvalue weighted by Crippen LogP contribution is -2.25. The molecular weight excluding hydrogens is 256 g/mol. The minimum absolute atomic E-state index is 0.106. The predicted molar refractivity (Wildman–Crippen MR) is 72.0 cm³/mol. The highest BCUT2D eigenvalue weighted by Crippen LogP contribution is 2.06. The van der Waals surface area contributed by atoms with Crippen LogP contribution in [0, 0.1) is 6.92 Å². The minimum atomic E-state index is -0.106. The average molecular weight is 270 g/mol. The molecule has 0 radical (unpaired) electrons. The van der Waals surface area contributed by atoms with Gasteiger partial charge in [-0.05, 0) is 19.1 Å². The molecule has 0 atom stereocenters. The molecule has 6 heteroatoms. The van der Waals surface area contributed by atoms with Crippen LogP contribution in [0.1, 0.15) is 17.3 Å². The molecule has 0 fully saturated rings. The van der Waals surface area contributed by atoms with Gasteiger partial charge in [-0.25, -0.2) is 4.98 Å². The van der Waals surface area contributed by atoms with Crippen molar-refractivity contribution in [1.82, 2.24) is 19.9 Å². The maximum absolute atomic E-state index is 11.8. The van der Waals surface area contributed by atoms with Crippen molar-refractivity contribution in [2.45, 2.75) is 19.9 Å². The Balaban J connectivity index is 1.63. The molecule has 3 rings (SSSR count). The fourth-order valence-electron chi connectivity index (χ4n) is 2.04. The van der Waals surface area contributed by atoms with Crippen LogP contribution >= 0.6 is 0 Å². The highest BCUT2D eigenvalue weighted by molar-refractivity contribution is 5.78. The number of hydrogen-bond acceptors (Lipinski definition) is 4. The normalized spacial score (nSPS) is 10.8. The number of aromatic nitrogens is 3. The summed E-state index contributed by atoms with van der Waals surface area (Å²) in [5, 5.41) is 6.63. The van der Waals surface area contributed by atoms with Crippen molar-refractivity contribution in [2.75, 3.05) is 0 Å². The maximum Gasteiger partial charge on any atom is 0.226 e. The van der Waals surface area contributed by atoms with Gasteiger partial charge in [-0.3, -0.25) is 4.79 Å². The van der Waals surface area contributed by atoms with Crippen molar-refractivity contribution in [3.8, 4) is 0 Å². The lowest BCUT2D eigenvalue weighted by Gasteiger charge is -2.03. The van der Waals surface area contributed by atoms with Gasteiger partial charge in [0.1, 0.15) is 11.6 Å². The zero-order valence-corrected chi connectivity index (χ0v) is 11.0.